The summed E-state index contributed by atoms with van der Waals surface area (Å²) in [5.41, 5.74) is 0. The average molecular weight is 271 g/mol. The quantitative estimate of drug-likeness (QED) is 0.414. The van der Waals surface area contributed by atoms with Crippen molar-refractivity contribution in [3.05, 3.63) is 0 Å². The van der Waals surface area contributed by atoms with Gasteiger partial charge in [0.05, 0.1) is 0 Å². The molecule has 0 radical (unpaired) electrons. The topological polar surface area (TPSA) is 0 Å². The Balaban J connectivity index is 1.63. The molecular formula is C17H31Cl. The summed E-state index contributed by atoms with van der Waals surface area (Å²) >= 11 is 6.21. The number of unbranched alkanes of at least 4 members (excludes halogenated alkanes) is 2. The van der Waals surface area contributed by atoms with Gasteiger partial charge < -0.3 is 0 Å². The van der Waals surface area contributed by atoms with Crippen LogP contribution in [0.1, 0.15) is 84.0 Å². The van der Waals surface area contributed by atoms with Crippen LogP contribution in [0.2, 0.25) is 0 Å². The van der Waals surface area contributed by atoms with Crippen LogP contribution in [0.4, 0.5) is 0 Å². The molecule has 2 aliphatic carbocycles. The first-order valence-electron chi connectivity index (χ1n) is 8.43. The van der Waals surface area contributed by atoms with E-state index in [4.69, 9.17) is 11.6 Å². The standard InChI is InChI=1S/C17H31Cl/c1-2-3-4-5-14-6-8-15(9-7-14)16-10-12-17(18)13-11-16/h14-17H,2-13H2,1H3/t14-,15-,16-,17-. The molecule has 2 aliphatic rings. The van der Waals surface area contributed by atoms with Gasteiger partial charge in [0, 0.05) is 5.38 Å². The lowest BCUT2D eigenvalue weighted by Crippen LogP contribution is -2.26. The van der Waals surface area contributed by atoms with Crippen molar-refractivity contribution in [1.29, 1.82) is 0 Å². The van der Waals surface area contributed by atoms with Crippen LogP contribution in [-0.2, 0) is 0 Å². The van der Waals surface area contributed by atoms with Crippen molar-refractivity contribution in [1.82, 2.24) is 0 Å². The molecule has 0 atom stereocenters. The molecule has 0 nitrogen and oxygen atoms in total. The first-order chi connectivity index (χ1) is 8.79. The molecule has 0 amide bonds. The van der Waals surface area contributed by atoms with Gasteiger partial charge in [0.25, 0.3) is 0 Å². The first-order valence-corrected chi connectivity index (χ1v) is 8.87. The Morgan fingerprint density at radius 3 is 1.89 bits per heavy atom. The summed E-state index contributed by atoms with van der Waals surface area (Å²) in [6.07, 6.45) is 17.3. The number of alkyl halides is 1. The van der Waals surface area contributed by atoms with Crippen LogP contribution in [0.25, 0.3) is 0 Å². The lowest BCUT2D eigenvalue weighted by Gasteiger charge is -2.36. The molecule has 0 N–H and O–H groups in total. The number of halogens is 1. The Hall–Kier alpha value is 0.290. The van der Waals surface area contributed by atoms with E-state index in [1.807, 2.05) is 0 Å². The minimum atomic E-state index is 0.492. The SMILES string of the molecule is CCCCC[C@H]1CC[C@H]([C@H]2CC[C@H](Cl)CC2)CC1. The van der Waals surface area contributed by atoms with E-state index in [9.17, 15) is 0 Å². The second kappa shape index (κ2) is 7.78. The molecule has 18 heavy (non-hydrogen) atoms. The van der Waals surface area contributed by atoms with E-state index < -0.39 is 0 Å². The zero-order valence-corrected chi connectivity index (χ0v) is 12.9. The van der Waals surface area contributed by atoms with Crippen LogP contribution in [0.3, 0.4) is 0 Å². The van der Waals surface area contributed by atoms with Gasteiger partial charge in [-0.1, -0.05) is 45.4 Å². The second-order valence-electron chi connectivity index (χ2n) is 6.79. The molecule has 2 rings (SSSR count). The molecule has 0 aromatic heterocycles. The number of hydrogen-bond acceptors (Lipinski definition) is 0. The molecular weight excluding hydrogens is 240 g/mol. The Morgan fingerprint density at radius 1 is 0.778 bits per heavy atom. The fourth-order valence-corrected chi connectivity index (χ4v) is 4.43. The van der Waals surface area contributed by atoms with Gasteiger partial charge in [0.1, 0.15) is 0 Å². The Labute approximate surface area is 119 Å². The predicted octanol–water partition coefficient (Wildman–Crippen LogP) is 6.17. The number of hydrogen-bond donors (Lipinski definition) is 0. The summed E-state index contributed by atoms with van der Waals surface area (Å²) in [4.78, 5) is 0. The lowest BCUT2D eigenvalue weighted by molar-refractivity contribution is 0.163. The third-order valence-electron chi connectivity index (χ3n) is 5.48. The van der Waals surface area contributed by atoms with Crippen molar-refractivity contribution >= 4 is 11.6 Å². The van der Waals surface area contributed by atoms with Crippen LogP contribution < -0.4 is 0 Å². The zero-order valence-electron chi connectivity index (χ0n) is 12.2. The van der Waals surface area contributed by atoms with Crippen LogP contribution in [0.5, 0.6) is 0 Å². The predicted molar refractivity (Wildman–Crippen MR) is 81.2 cm³/mol. The van der Waals surface area contributed by atoms with Crippen molar-refractivity contribution in [2.45, 2.75) is 89.4 Å². The monoisotopic (exact) mass is 270 g/mol. The van der Waals surface area contributed by atoms with Gasteiger partial charge in [-0.05, 0) is 56.3 Å². The molecule has 2 saturated carbocycles. The van der Waals surface area contributed by atoms with Crippen molar-refractivity contribution in [3.63, 3.8) is 0 Å². The van der Waals surface area contributed by atoms with Gasteiger partial charge in [-0.2, -0.15) is 0 Å². The minimum Gasteiger partial charge on any atom is -0.123 e. The average Bonchev–Trinajstić information content (AvgIpc) is 2.41. The van der Waals surface area contributed by atoms with E-state index >= 15 is 0 Å². The summed E-state index contributed by atoms with van der Waals surface area (Å²) in [6, 6.07) is 0. The maximum atomic E-state index is 6.21. The van der Waals surface area contributed by atoms with Gasteiger partial charge in [-0.15, -0.1) is 11.6 Å². The van der Waals surface area contributed by atoms with Crippen molar-refractivity contribution in [3.8, 4) is 0 Å². The lowest BCUT2D eigenvalue weighted by atomic mass is 9.70. The molecule has 1 heteroatoms. The zero-order chi connectivity index (χ0) is 12.8. The van der Waals surface area contributed by atoms with E-state index in [1.54, 1.807) is 0 Å². The Bertz CT molecular complexity index is 210. The van der Waals surface area contributed by atoms with Gasteiger partial charge in [0.15, 0.2) is 0 Å². The van der Waals surface area contributed by atoms with Crippen molar-refractivity contribution in [2.75, 3.05) is 0 Å². The highest BCUT2D eigenvalue weighted by Gasteiger charge is 2.30. The van der Waals surface area contributed by atoms with E-state index in [1.165, 1.54) is 77.0 Å². The molecule has 0 aliphatic heterocycles. The highest BCUT2D eigenvalue weighted by Crippen LogP contribution is 2.41. The molecule has 0 heterocycles. The van der Waals surface area contributed by atoms with E-state index in [0.717, 1.165) is 17.8 Å². The largest absolute Gasteiger partial charge is 0.123 e. The fourth-order valence-electron chi connectivity index (χ4n) is 4.18. The van der Waals surface area contributed by atoms with Crippen LogP contribution >= 0.6 is 11.6 Å². The highest BCUT2D eigenvalue weighted by atomic mass is 35.5. The van der Waals surface area contributed by atoms with Crippen molar-refractivity contribution < 1.29 is 0 Å². The maximum Gasteiger partial charge on any atom is 0.0336 e. The van der Waals surface area contributed by atoms with E-state index in [-0.39, 0.29) is 0 Å². The van der Waals surface area contributed by atoms with Crippen molar-refractivity contribution in [2.24, 2.45) is 17.8 Å². The van der Waals surface area contributed by atoms with E-state index in [2.05, 4.69) is 6.92 Å². The summed E-state index contributed by atoms with van der Waals surface area (Å²) < 4.78 is 0. The molecule has 0 aromatic rings. The molecule has 2 fully saturated rings. The highest BCUT2D eigenvalue weighted by molar-refractivity contribution is 6.20. The fraction of sp³-hybridized carbons (Fsp3) is 1.00. The third-order valence-corrected chi connectivity index (χ3v) is 5.91. The van der Waals surface area contributed by atoms with Gasteiger partial charge >= 0.3 is 0 Å². The normalized spacial score (nSPS) is 37.7. The molecule has 106 valence electrons. The molecule has 0 aromatic carbocycles. The summed E-state index contributed by atoms with van der Waals surface area (Å²) in [7, 11) is 0. The third kappa shape index (κ3) is 4.44. The van der Waals surface area contributed by atoms with Gasteiger partial charge in [-0.25, -0.2) is 0 Å². The summed E-state index contributed by atoms with van der Waals surface area (Å²) in [6.45, 7) is 2.31. The second-order valence-corrected chi connectivity index (χ2v) is 7.41. The Morgan fingerprint density at radius 2 is 1.33 bits per heavy atom. The molecule has 0 saturated heterocycles. The molecule has 0 bridgehead atoms. The van der Waals surface area contributed by atoms with E-state index in [0.29, 0.717) is 5.38 Å². The van der Waals surface area contributed by atoms with Gasteiger partial charge in [-0.3, -0.25) is 0 Å². The molecule has 0 spiro atoms. The summed E-state index contributed by atoms with van der Waals surface area (Å²) in [5.74, 6) is 3.14. The number of rotatable bonds is 5. The smallest absolute Gasteiger partial charge is 0.0336 e. The maximum absolute atomic E-state index is 6.21. The Kier molecular flexibility index (Phi) is 6.35. The minimum absolute atomic E-state index is 0.492. The summed E-state index contributed by atoms with van der Waals surface area (Å²) in [5, 5.41) is 0.492. The molecule has 0 unspecified atom stereocenters. The van der Waals surface area contributed by atoms with Gasteiger partial charge in [0.2, 0.25) is 0 Å². The first kappa shape index (κ1) is 14.7. The van der Waals surface area contributed by atoms with Crippen LogP contribution in [-0.4, -0.2) is 5.38 Å². The van der Waals surface area contributed by atoms with Crippen LogP contribution in [0.15, 0.2) is 0 Å². The van der Waals surface area contributed by atoms with Crippen LogP contribution in [0, 0.1) is 17.8 Å².